The second-order valence-corrected chi connectivity index (χ2v) is 4.80. The lowest BCUT2D eigenvalue weighted by Gasteiger charge is -2.18. The van der Waals surface area contributed by atoms with Crippen LogP contribution in [0.4, 0.5) is 10.5 Å². The first-order valence-corrected chi connectivity index (χ1v) is 6.02. The number of cyclic esters (lactones) is 1. The highest BCUT2D eigenvalue weighted by Crippen LogP contribution is 2.34. The van der Waals surface area contributed by atoms with E-state index in [9.17, 15) is 4.79 Å². The number of nitrogens with zero attached hydrogens (tertiary/aromatic N) is 2. The molecule has 5 heteroatoms. The Balaban J connectivity index is 2.33. The summed E-state index contributed by atoms with van der Waals surface area (Å²) in [6, 6.07) is 5.78. The molecule has 0 bridgehead atoms. The third-order valence-electron chi connectivity index (χ3n) is 2.86. The number of hydrogen-bond donors (Lipinski definition) is 0. The van der Waals surface area contributed by atoms with Gasteiger partial charge in [-0.25, -0.2) is 4.79 Å². The molecular weight excluding hydrogens is 252 g/mol. The molecule has 1 amide bonds. The first-order valence-electron chi connectivity index (χ1n) is 5.64. The van der Waals surface area contributed by atoms with E-state index in [1.54, 1.807) is 0 Å². The van der Waals surface area contributed by atoms with Crippen molar-refractivity contribution in [3.63, 3.8) is 0 Å². The van der Waals surface area contributed by atoms with Crippen molar-refractivity contribution < 1.29 is 9.53 Å². The fourth-order valence-corrected chi connectivity index (χ4v) is 2.59. The Hall–Kier alpha value is -1.73. The minimum atomic E-state index is -0.441. The average molecular weight is 265 g/mol. The lowest BCUT2D eigenvalue weighted by Crippen LogP contribution is -2.25. The van der Waals surface area contributed by atoms with Gasteiger partial charge in [0.05, 0.1) is 29.7 Å². The number of anilines is 1. The van der Waals surface area contributed by atoms with Crippen LogP contribution in [0.25, 0.3) is 0 Å². The number of carbonyl (C=O) groups excluding carboxylic acids is 1. The molecule has 2 rings (SSSR count). The van der Waals surface area contributed by atoms with Gasteiger partial charge in [-0.05, 0) is 31.0 Å². The molecule has 4 nitrogen and oxygen atoms in total. The number of ether oxygens (including phenoxy) is 1. The number of rotatable bonds is 2. The molecule has 0 radical (unpaired) electrons. The van der Waals surface area contributed by atoms with Gasteiger partial charge in [0.25, 0.3) is 0 Å². The van der Waals surface area contributed by atoms with Crippen LogP contribution in [-0.2, 0) is 4.74 Å². The average Bonchev–Trinajstić information content (AvgIpc) is 2.59. The van der Waals surface area contributed by atoms with Crippen molar-refractivity contribution in [3.05, 3.63) is 28.3 Å². The van der Waals surface area contributed by atoms with E-state index in [1.807, 2.05) is 32.0 Å². The Morgan fingerprint density at radius 2 is 2.28 bits per heavy atom. The van der Waals surface area contributed by atoms with E-state index in [0.29, 0.717) is 17.3 Å². The van der Waals surface area contributed by atoms with E-state index < -0.39 is 6.09 Å². The zero-order valence-corrected chi connectivity index (χ0v) is 11.0. The molecule has 1 saturated heterocycles. The molecular formula is C13H13ClN2O2. The van der Waals surface area contributed by atoms with Crippen LogP contribution in [0.1, 0.15) is 17.5 Å². The molecule has 1 fully saturated rings. The van der Waals surface area contributed by atoms with Crippen molar-refractivity contribution in [3.8, 4) is 6.07 Å². The summed E-state index contributed by atoms with van der Waals surface area (Å²) in [4.78, 5) is 13.3. The predicted molar refractivity (Wildman–Crippen MR) is 68.8 cm³/mol. The third-order valence-corrected chi connectivity index (χ3v) is 3.15. The maximum atomic E-state index is 11.8. The fourth-order valence-electron chi connectivity index (χ4n) is 2.16. The van der Waals surface area contributed by atoms with Crippen LogP contribution in [0.2, 0.25) is 5.02 Å². The number of hydrogen-bond acceptors (Lipinski definition) is 3. The molecule has 1 atom stereocenters. The molecule has 0 aromatic heterocycles. The summed E-state index contributed by atoms with van der Waals surface area (Å²) in [6.07, 6.45) is -0.617. The number of amides is 1. The first-order chi connectivity index (χ1) is 8.52. The molecule has 1 aromatic carbocycles. The number of carbonyl (C=O) groups is 1. The molecule has 0 aliphatic carbocycles. The first kappa shape index (κ1) is 12.7. The minimum Gasteiger partial charge on any atom is -0.443 e. The van der Waals surface area contributed by atoms with Crippen LogP contribution in [0.5, 0.6) is 0 Å². The van der Waals surface area contributed by atoms with Crippen molar-refractivity contribution in [2.24, 2.45) is 0 Å². The number of nitriles is 1. The summed E-state index contributed by atoms with van der Waals surface area (Å²) in [5.74, 6) is 0. The highest BCUT2D eigenvalue weighted by Gasteiger charge is 2.34. The van der Waals surface area contributed by atoms with Crippen LogP contribution in [0.3, 0.4) is 0 Å². The van der Waals surface area contributed by atoms with Gasteiger partial charge in [0.1, 0.15) is 6.10 Å². The SMILES string of the molecule is Cc1cc(C)c(N2CC(CC#N)OC2=O)c(Cl)c1. The van der Waals surface area contributed by atoms with Crippen molar-refractivity contribution in [1.29, 1.82) is 5.26 Å². The zero-order chi connectivity index (χ0) is 13.3. The highest BCUT2D eigenvalue weighted by atomic mass is 35.5. The summed E-state index contributed by atoms with van der Waals surface area (Å²) in [5.41, 5.74) is 2.64. The van der Waals surface area contributed by atoms with Crippen LogP contribution < -0.4 is 4.90 Å². The van der Waals surface area contributed by atoms with Crippen molar-refractivity contribution in [2.45, 2.75) is 26.4 Å². The van der Waals surface area contributed by atoms with Crippen molar-refractivity contribution in [2.75, 3.05) is 11.4 Å². The lowest BCUT2D eigenvalue weighted by atomic mass is 10.1. The number of benzene rings is 1. The van der Waals surface area contributed by atoms with Crippen molar-refractivity contribution in [1.82, 2.24) is 0 Å². The van der Waals surface area contributed by atoms with Gasteiger partial charge in [0.15, 0.2) is 0 Å². The summed E-state index contributed by atoms with van der Waals surface area (Å²) >= 11 is 6.19. The van der Waals surface area contributed by atoms with Gasteiger partial charge in [-0.3, -0.25) is 4.90 Å². The van der Waals surface area contributed by atoms with Gasteiger partial charge in [0, 0.05) is 0 Å². The van der Waals surface area contributed by atoms with E-state index in [-0.39, 0.29) is 12.5 Å². The van der Waals surface area contributed by atoms with Gasteiger partial charge in [-0.1, -0.05) is 17.7 Å². The van der Waals surface area contributed by atoms with Crippen LogP contribution in [0, 0.1) is 25.2 Å². The Kier molecular flexibility index (Phi) is 3.44. The molecule has 94 valence electrons. The summed E-state index contributed by atoms with van der Waals surface area (Å²) in [6.45, 7) is 4.22. The lowest BCUT2D eigenvalue weighted by molar-refractivity contribution is 0.143. The van der Waals surface area contributed by atoms with E-state index in [0.717, 1.165) is 11.1 Å². The van der Waals surface area contributed by atoms with Gasteiger partial charge in [-0.2, -0.15) is 5.26 Å². The molecule has 1 heterocycles. The van der Waals surface area contributed by atoms with Gasteiger partial charge >= 0.3 is 6.09 Å². The normalized spacial score (nSPS) is 18.7. The fraction of sp³-hybridized carbons (Fsp3) is 0.385. The Labute approximate surface area is 111 Å². The highest BCUT2D eigenvalue weighted by molar-refractivity contribution is 6.34. The summed E-state index contributed by atoms with van der Waals surface area (Å²) < 4.78 is 5.11. The van der Waals surface area contributed by atoms with E-state index in [1.165, 1.54) is 4.90 Å². The molecule has 1 aliphatic heterocycles. The molecule has 1 aliphatic rings. The quantitative estimate of drug-likeness (QED) is 0.824. The maximum absolute atomic E-state index is 11.8. The topological polar surface area (TPSA) is 53.3 Å². The molecule has 18 heavy (non-hydrogen) atoms. The molecule has 0 spiro atoms. The molecule has 1 aromatic rings. The van der Waals surface area contributed by atoms with Gasteiger partial charge in [-0.15, -0.1) is 0 Å². The van der Waals surface area contributed by atoms with Gasteiger partial charge < -0.3 is 4.74 Å². The second kappa shape index (κ2) is 4.87. The minimum absolute atomic E-state index is 0.199. The summed E-state index contributed by atoms with van der Waals surface area (Å²) in [5, 5.41) is 9.16. The van der Waals surface area contributed by atoms with Crippen LogP contribution in [-0.4, -0.2) is 18.7 Å². The Morgan fingerprint density at radius 3 is 2.89 bits per heavy atom. The monoisotopic (exact) mass is 264 g/mol. The molecule has 1 unspecified atom stereocenters. The molecule has 0 saturated carbocycles. The maximum Gasteiger partial charge on any atom is 0.414 e. The van der Waals surface area contributed by atoms with Crippen molar-refractivity contribution >= 4 is 23.4 Å². The Bertz CT molecular complexity index is 513. The summed E-state index contributed by atoms with van der Waals surface area (Å²) in [7, 11) is 0. The number of aryl methyl sites for hydroxylation is 2. The smallest absolute Gasteiger partial charge is 0.414 e. The third kappa shape index (κ3) is 2.27. The number of halogens is 1. The predicted octanol–water partition coefficient (Wildman–Crippen LogP) is 3.20. The van der Waals surface area contributed by atoms with E-state index in [4.69, 9.17) is 21.6 Å². The van der Waals surface area contributed by atoms with E-state index in [2.05, 4.69) is 0 Å². The van der Waals surface area contributed by atoms with E-state index >= 15 is 0 Å². The molecule has 0 N–H and O–H groups in total. The standard InChI is InChI=1S/C13H13ClN2O2/c1-8-5-9(2)12(11(14)6-8)16-7-10(3-4-15)18-13(16)17/h5-6,10H,3,7H2,1-2H3. The van der Waals surface area contributed by atoms with Gasteiger partial charge in [0.2, 0.25) is 0 Å². The Morgan fingerprint density at radius 1 is 1.56 bits per heavy atom. The van der Waals surface area contributed by atoms with Crippen LogP contribution in [0.15, 0.2) is 12.1 Å². The largest absolute Gasteiger partial charge is 0.443 e. The van der Waals surface area contributed by atoms with Crippen LogP contribution >= 0.6 is 11.6 Å². The zero-order valence-electron chi connectivity index (χ0n) is 10.2. The second-order valence-electron chi connectivity index (χ2n) is 4.39.